The van der Waals surface area contributed by atoms with Crippen molar-refractivity contribution in [3.05, 3.63) is 65.9 Å². The highest BCUT2D eigenvalue weighted by Gasteiger charge is 2.32. The van der Waals surface area contributed by atoms with Crippen LogP contribution in [0, 0.1) is 0 Å². The normalized spacial score (nSPS) is 18.5. The number of carbonyl (C=O) groups is 1. The molecule has 0 radical (unpaired) electrons. The third-order valence-corrected chi connectivity index (χ3v) is 4.87. The summed E-state index contributed by atoms with van der Waals surface area (Å²) in [6.07, 6.45) is 2.84. The number of hydrogen-bond donors (Lipinski definition) is 0. The van der Waals surface area contributed by atoms with E-state index in [4.69, 9.17) is 4.74 Å². The van der Waals surface area contributed by atoms with Gasteiger partial charge in [-0.05, 0) is 42.3 Å². The molecule has 2 aliphatic heterocycles. The molecule has 0 unspecified atom stereocenters. The van der Waals surface area contributed by atoms with Gasteiger partial charge >= 0.3 is 0 Å². The minimum atomic E-state index is -0.00780. The first-order chi connectivity index (χ1) is 11.8. The Balaban J connectivity index is 1.58. The van der Waals surface area contributed by atoms with Crippen LogP contribution in [0.5, 0.6) is 11.5 Å². The number of fused-ring (bicyclic) bond motifs is 1. The van der Waals surface area contributed by atoms with Crippen molar-refractivity contribution in [2.24, 2.45) is 4.99 Å². The summed E-state index contributed by atoms with van der Waals surface area (Å²) in [5.74, 6) is 2.54. The largest absolute Gasteiger partial charge is 0.457 e. The Bertz CT molecular complexity index is 830. The Morgan fingerprint density at radius 2 is 1.92 bits per heavy atom. The molecule has 2 aromatic rings. The second kappa shape index (κ2) is 6.53. The van der Waals surface area contributed by atoms with Gasteiger partial charge in [0, 0.05) is 12.3 Å². The summed E-state index contributed by atoms with van der Waals surface area (Å²) in [7, 11) is 0. The number of hydrogen-bond acceptors (Lipinski definition) is 4. The number of nitrogens with zero attached hydrogens (tertiary/aromatic N) is 2. The van der Waals surface area contributed by atoms with Crippen LogP contribution in [-0.2, 0) is 4.79 Å². The molecule has 2 aromatic carbocycles. The third-order valence-electron chi connectivity index (χ3n) is 3.81. The van der Waals surface area contributed by atoms with Crippen LogP contribution in [0.25, 0.3) is 6.08 Å². The summed E-state index contributed by atoms with van der Waals surface area (Å²) in [4.78, 5) is 18.7. The van der Waals surface area contributed by atoms with Crippen molar-refractivity contribution >= 4 is 28.9 Å². The molecule has 0 N–H and O–H groups in total. The summed E-state index contributed by atoms with van der Waals surface area (Å²) >= 11 is 1.65. The van der Waals surface area contributed by atoms with E-state index in [1.165, 1.54) is 0 Å². The Morgan fingerprint density at radius 3 is 2.75 bits per heavy atom. The van der Waals surface area contributed by atoms with Gasteiger partial charge in [0.1, 0.15) is 17.2 Å². The average molecular weight is 336 g/mol. The number of amides is 1. The molecule has 0 bridgehead atoms. The number of amidine groups is 1. The zero-order valence-electron chi connectivity index (χ0n) is 13.0. The molecule has 1 fully saturated rings. The van der Waals surface area contributed by atoms with Crippen LogP contribution < -0.4 is 4.74 Å². The van der Waals surface area contributed by atoms with Crippen LogP contribution in [-0.4, -0.2) is 28.3 Å². The highest BCUT2D eigenvalue weighted by atomic mass is 32.2. The molecule has 4 rings (SSSR count). The van der Waals surface area contributed by atoms with Crippen molar-refractivity contribution in [2.75, 3.05) is 12.3 Å². The molecule has 24 heavy (non-hydrogen) atoms. The average Bonchev–Trinajstić information content (AvgIpc) is 2.92. The molecule has 0 spiro atoms. The lowest BCUT2D eigenvalue weighted by molar-refractivity contribution is -0.122. The van der Waals surface area contributed by atoms with Crippen LogP contribution >= 0.6 is 11.8 Å². The van der Waals surface area contributed by atoms with E-state index in [0.717, 1.165) is 40.9 Å². The van der Waals surface area contributed by atoms with Crippen LogP contribution in [0.3, 0.4) is 0 Å². The predicted octanol–water partition coefficient (Wildman–Crippen LogP) is 4.15. The number of carbonyl (C=O) groups excluding carboxylic acids is 1. The molecule has 4 nitrogen and oxygen atoms in total. The van der Waals surface area contributed by atoms with Crippen molar-refractivity contribution < 1.29 is 9.53 Å². The van der Waals surface area contributed by atoms with Gasteiger partial charge in [0.15, 0.2) is 5.17 Å². The molecule has 0 saturated carbocycles. The summed E-state index contributed by atoms with van der Waals surface area (Å²) < 4.78 is 5.84. The van der Waals surface area contributed by atoms with Gasteiger partial charge in [-0.3, -0.25) is 9.69 Å². The number of para-hydroxylation sites is 1. The fraction of sp³-hybridized carbons (Fsp3) is 0.158. The van der Waals surface area contributed by atoms with Gasteiger partial charge < -0.3 is 4.74 Å². The molecule has 0 aromatic heterocycles. The molecule has 120 valence electrons. The van der Waals surface area contributed by atoms with Gasteiger partial charge in [-0.15, -0.1) is 0 Å². The standard InChI is InChI=1S/C19H16N2O2S/c22-18-17(20-19-21(18)10-5-11-24-19)13-14-6-4-9-16(12-14)23-15-7-2-1-3-8-15/h1-4,6-9,12-13H,5,10-11H2/b17-13+. The van der Waals surface area contributed by atoms with Gasteiger partial charge in [0.25, 0.3) is 5.91 Å². The Hall–Kier alpha value is -2.53. The van der Waals surface area contributed by atoms with Gasteiger partial charge in [0.05, 0.1) is 0 Å². The predicted molar refractivity (Wildman–Crippen MR) is 97.2 cm³/mol. The molecular weight excluding hydrogens is 320 g/mol. The van der Waals surface area contributed by atoms with Crippen molar-refractivity contribution in [3.8, 4) is 11.5 Å². The van der Waals surface area contributed by atoms with E-state index in [0.29, 0.717) is 5.70 Å². The highest BCUT2D eigenvalue weighted by Crippen LogP contribution is 2.29. The lowest BCUT2D eigenvalue weighted by Crippen LogP contribution is -2.34. The van der Waals surface area contributed by atoms with Crippen molar-refractivity contribution in [2.45, 2.75) is 6.42 Å². The number of rotatable bonds is 3. The lowest BCUT2D eigenvalue weighted by Gasteiger charge is -2.21. The highest BCUT2D eigenvalue weighted by molar-refractivity contribution is 8.13. The van der Waals surface area contributed by atoms with Gasteiger partial charge in [-0.2, -0.15) is 0 Å². The number of benzene rings is 2. The Labute approximate surface area is 144 Å². The summed E-state index contributed by atoms with van der Waals surface area (Å²) in [6.45, 7) is 0.763. The second-order valence-electron chi connectivity index (χ2n) is 5.57. The van der Waals surface area contributed by atoms with Crippen LogP contribution in [0.1, 0.15) is 12.0 Å². The topological polar surface area (TPSA) is 41.9 Å². The molecule has 0 atom stereocenters. The third kappa shape index (κ3) is 3.08. The van der Waals surface area contributed by atoms with Gasteiger partial charge in [-0.25, -0.2) is 4.99 Å². The first-order valence-electron chi connectivity index (χ1n) is 7.88. The molecular formula is C19H16N2O2S. The van der Waals surface area contributed by atoms with Crippen molar-refractivity contribution in [1.29, 1.82) is 0 Å². The van der Waals surface area contributed by atoms with E-state index < -0.39 is 0 Å². The van der Waals surface area contributed by atoms with E-state index in [1.807, 2.05) is 60.7 Å². The Morgan fingerprint density at radius 1 is 1.08 bits per heavy atom. The molecule has 2 heterocycles. The first-order valence-corrected chi connectivity index (χ1v) is 8.86. The fourth-order valence-electron chi connectivity index (χ4n) is 2.67. The molecule has 5 heteroatoms. The quantitative estimate of drug-likeness (QED) is 0.791. The molecule has 0 aliphatic carbocycles. The molecule has 1 saturated heterocycles. The second-order valence-corrected chi connectivity index (χ2v) is 6.63. The number of aliphatic imine (C=N–C) groups is 1. The van der Waals surface area contributed by atoms with E-state index >= 15 is 0 Å². The summed E-state index contributed by atoms with van der Waals surface area (Å²) in [5.41, 5.74) is 1.40. The fourth-order valence-corrected chi connectivity index (χ4v) is 3.62. The smallest absolute Gasteiger partial charge is 0.278 e. The van der Waals surface area contributed by atoms with Crippen molar-refractivity contribution in [1.82, 2.24) is 4.90 Å². The maximum atomic E-state index is 12.4. The summed E-state index contributed by atoms with van der Waals surface area (Å²) in [5, 5.41) is 0.828. The van der Waals surface area contributed by atoms with Crippen LogP contribution in [0.2, 0.25) is 0 Å². The maximum absolute atomic E-state index is 12.4. The zero-order valence-corrected chi connectivity index (χ0v) is 13.8. The van der Waals surface area contributed by atoms with E-state index in [9.17, 15) is 4.79 Å². The molecule has 1 amide bonds. The van der Waals surface area contributed by atoms with Crippen LogP contribution in [0.15, 0.2) is 65.3 Å². The van der Waals surface area contributed by atoms with Crippen LogP contribution in [0.4, 0.5) is 0 Å². The monoisotopic (exact) mass is 336 g/mol. The van der Waals surface area contributed by atoms with E-state index in [-0.39, 0.29) is 5.91 Å². The first kappa shape index (κ1) is 15.0. The minimum Gasteiger partial charge on any atom is -0.457 e. The number of thioether (sulfide) groups is 1. The zero-order chi connectivity index (χ0) is 16.4. The number of ether oxygens (including phenoxy) is 1. The van der Waals surface area contributed by atoms with Crippen molar-refractivity contribution in [3.63, 3.8) is 0 Å². The van der Waals surface area contributed by atoms with E-state index in [2.05, 4.69) is 4.99 Å². The maximum Gasteiger partial charge on any atom is 0.278 e. The van der Waals surface area contributed by atoms with Gasteiger partial charge in [-0.1, -0.05) is 42.1 Å². The van der Waals surface area contributed by atoms with Gasteiger partial charge in [0.2, 0.25) is 0 Å². The SMILES string of the molecule is O=C1/C(=C\c2cccc(Oc3ccccc3)c2)N=C2SCCCN12. The lowest BCUT2D eigenvalue weighted by atomic mass is 10.2. The van der Waals surface area contributed by atoms with E-state index in [1.54, 1.807) is 16.7 Å². The Kier molecular flexibility index (Phi) is 4.09. The minimum absolute atomic E-state index is 0.00780. The summed E-state index contributed by atoms with van der Waals surface area (Å²) in [6, 6.07) is 17.3. The molecule has 2 aliphatic rings.